The molecule has 0 radical (unpaired) electrons. The summed E-state index contributed by atoms with van der Waals surface area (Å²) in [7, 11) is -1.02. The lowest BCUT2D eigenvalue weighted by atomic mass is 9.74. The molecule has 2 heterocycles. The number of halogens is 3. The summed E-state index contributed by atoms with van der Waals surface area (Å²) < 4.78 is 57.2. The van der Waals surface area contributed by atoms with Gasteiger partial charge in [-0.1, -0.05) is 12.1 Å². The normalized spacial score (nSPS) is 23.9. The van der Waals surface area contributed by atoms with Gasteiger partial charge in [-0.05, 0) is 44.8 Å². The molecule has 0 atom stereocenters. The van der Waals surface area contributed by atoms with Crippen molar-refractivity contribution < 1.29 is 27.2 Å². The van der Waals surface area contributed by atoms with Crippen LogP contribution in [0.5, 0.6) is 0 Å². The summed E-state index contributed by atoms with van der Waals surface area (Å²) in [5, 5.41) is 0. The lowest BCUT2D eigenvalue weighted by Gasteiger charge is -2.32. The highest BCUT2D eigenvalue weighted by Gasteiger charge is 2.53. The van der Waals surface area contributed by atoms with Crippen molar-refractivity contribution in [3.8, 4) is 0 Å². The third kappa shape index (κ3) is 2.90. The minimum absolute atomic E-state index is 0.0279. The Morgan fingerprint density at radius 1 is 1.04 bits per heavy atom. The quantitative estimate of drug-likeness (QED) is 0.781. The molecule has 3 rings (SSSR count). The van der Waals surface area contributed by atoms with Gasteiger partial charge in [0.1, 0.15) is 0 Å². The van der Waals surface area contributed by atoms with Crippen LogP contribution in [0.2, 0.25) is 0 Å². The molecule has 0 bridgehead atoms. The molecule has 2 aliphatic rings. The second-order valence-corrected chi connectivity index (χ2v) is 7.17. The zero-order chi connectivity index (χ0) is 17.0. The smallest absolute Gasteiger partial charge is 0.399 e. The van der Waals surface area contributed by atoms with Crippen LogP contribution < -0.4 is 5.46 Å². The lowest BCUT2D eigenvalue weighted by molar-refractivity contribution is -0.137. The van der Waals surface area contributed by atoms with Crippen molar-refractivity contribution in [3.63, 3.8) is 0 Å². The molecule has 2 fully saturated rings. The molecule has 1 aromatic rings. The van der Waals surface area contributed by atoms with Crippen molar-refractivity contribution in [2.75, 3.05) is 13.2 Å². The first-order valence-electron chi connectivity index (χ1n) is 7.66. The first-order valence-corrected chi connectivity index (χ1v) is 7.66. The van der Waals surface area contributed by atoms with Gasteiger partial charge >= 0.3 is 13.3 Å². The summed E-state index contributed by atoms with van der Waals surface area (Å²) >= 11 is 0. The Morgan fingerprint density at radius 3 is 2.04 bits per heavy atom. The highest BCUT2D eigenvalue weighted by Crippen LogP contribution is 2.39. The van der Waals surface area contributed by atoms with Gasteiger partial charge in [0.25, 0.3) is 0 Å². The summed E-state index contributed by atoms with van der Waals surface area (Å²) in [5.74, 6) is 0.0310. The Labute approximate surface area is 134 Å². The van der Waals surface area contributed by atoms with Crippen LogP contribution >= 0.6 is 0 Å². The predicted octanol–water partition coefficient (Wildman–Crippen LogP) is 3.12. The van der Waals surface area contributed by atoms with Crippen molar-refractivity contribution in [3.05, 3.63) is 29.3 Å². The zero-order valence-corrected chi connectivity index (χ0v) is 13.7. The molecule has 7 heteroatoms. The molecule has 0 aliphatic carbocycles. The summed E-state index contributed by atoms with van der Waals surface area (Å²) in [6.45, 7) is 8.21. The van der Waals surface area contributed by atoms with Crippen molar-refractivity contribution in [1.82, 2.24) is 0 Å². The molecule has 2 aliphatic heterocycles. The Hall–Kier alpha value is -1.05. The SMILES string of the molecule is CC1(C)OB(c2ccc(C3COC3)cc2C(F)(F)F)OC1(C)C. The number of ether oxygens (including phenoxy) is 1. The highest BCUT2D eigenvalue weighted by atomic mass is 19.4. The van der Waals surface area contributed by atoms with E-state index in [0.29, 0.717) is 18.8 Å². The fourth-order valence-corrected chi connectivity index (χ4v) is 2.68. The molecule has 0 amide bonds. The van der Waals surface area contributed by atoms with Crippen LogP contribution in [0.15, 0.2) is 18.2 Å². The Morgan fingerprint density at radius 2 is 1.61 bits per heavy atom. The molecule has 3 nitrogen and oxygen atoms in total. The fraction of sp³-hybridized carbons (Fsp3) is 0.625. The highest BCUT2D eigenvalue weighted by molar-refractivity contribution is 6.62. The number of hydrogen-bond donors (Lipinski definition) is 0. The van der Waals surface area contributed by atoms with Crippen LogP contribution in [0.4, 0.5) is 13.2 Å². The average Bonchev–Trinajstić information content (AvgIpc) is 2.55. The maximum absolute atomic E-state index is 13.5. The number of alkyl halides is 3. The molecule has 2 saturated heterocycles. The minimum Gasteiger partial charge on any atom is -0.399 e. The van der Waals surface area contributed by atoms with Crippen LogP contribution in [0.25, 0.3) is 0 Å². The van der Waals surface area contributed by atoms with Gasteiger partial charge in [-0.15, -0.1) is 0 Å². The van der Waals surface area contributed by atoms with E-state index in [1.54, 1.807) is 6.07 Å². The van der Waals surface area contributed by atoms with E-state index in [0.717, 1.165) is 0 Å². The zero-order valence-electron chi connectivity index (χ0n) is 13.7. The van der Waals surface area contributed by atoms with E-state index in [1.165, 1.54) is 12.1 Å². The van der Waals surface area contributed by atoms with Crippen LogP contribution in [0.3, 0.4) is 0 Å². The summed E-state index contributed by atoms with van der Waals surface area (Å²) in [5.41, 5.74) is -1.38. The first kappa shape index (κ1) is 16.8. The molecular formula is C16H20BF3O3. The largest absolute Gasteiger partial charge is 0.495 e. The molecule has 23 heavy (non-hydrogen) atoms. The second kappa shape index (κ2) is 5.23. The molecular weight excluding hydrogens is 308 g/mol. The Balaban J connectivity index is 1.99. The first-order chi connectivity index (χ1) is 10.5. The molecule has 1 aromatic carbocycles. The van der Waals surface area contributed by atoms with E-state index in [1.807, 2.05) is 27.7 Å². The van der Waals surface area contributed by atoms with Gasteiger partial charge < -0.3 is 14.0 Å². The van der Waals surface area contributed by atoms with Crippen molar-refractivity contribution in [1.29, 1.82) is 0 Å². The van der Waals surface area contributed by atoms with Crippen molar-refractivity contribution >= 4 is 12.6 Å². The van der Waals surface area contributed by atoms with E-state index in [-0.39, 0.29) is 11.4 Å². The van der Waals surface area contributed by atoms with Gasteiger partial charge in [-0.3, -0.25) is 0 Å². The summed E-state index contributed by atoms with van der Waals surface area (Å²) in [6.07, 6.45) is -4.46. The Kier molecular flexibility index (Phi) is 3.82. The molecule has 0 N–H and O–H groups in total. The number of benzene rings is 1. The third-order valence-electron chi connectivity index (χ3n) is 5.00. The maximum atomic E-state index is 13.5. The van der Waals surface area contributed by atoms with Gasteiger partial charge in [0, 0.05) is 5.92 Å². The van der Waals surface area contributed by atoms with Gasteiger partial charge in [0.05, 0.1) is 30.0 Å². The third-order valence-corrected chi connectivity index (χ3v) is 5.00. The molecule has 0 unspecified atom stereocenters. The molecule has 0 aromatic heterocycles. The van der Waals surface area contributed by atoms with Crippen LogP contribution in [-0.4, -0.2) is 31.5 Å². The lowest BCUT2D eigenvalue weighted by Crippen LogP contribution is -2.41. The van der Waals surface area contributed by atoms with E-state index < -0.39 is 30.1 Å². The topological polar surface area (TPSA) is 27.7 Å². The number of hydrogen-bond acceptors (Lipinski definition) is 3. The van der Waals surface area contributed by atoms with E-state index >= 15 is 0 Å². The van der Waals surface area contributed by atoms with Gasteiger partial charge in [0.15, 0.2) is 0 Å². The van der Waals surface area contributed by atoms with E-state index in [2.05, 4.69) is 0 Å². The summed E-state index contributed by atoms with van der Waals surface area (Å²) in [4.78, 5) is 0. The molecule has 126 valence electrons. The van der Waals surface area contributed by atoms with Crippen LogP contribution in [-0.2, 0) is 20.2 Å². The Bertz CT molecular complexity index is 593. The standard InChI is InChI=1S/C16H20BF3O3/c1-14(2)15(3,4)23-17(22-14)13-6-5-10(11-8-21-9-11)7-12(13)16(18,19)20/h5-7,11H,8-9H2,1-4H3. The second-order valence-electron chi connectivity index (χ2n) is 7.17. The predicted molar refractivity (Wildman–Crippen MR) is 80.7 cm³/mol. The minimum atomic E-state index is -4.46. The summed E-state index contributed by atoms with van der Waals surface area (Å²) in [6, 6.07) is 4.38. The van der Waals surface area contributed by atoms with Gasteiger partial charge in [-0.2, -0.15) is 13.2 Å². The molecule has 0 spiro atoms. The van der Waals surface area contributed by atoms with Crippen LogP contribution in [0.1, 0.15) is 44.7 Å². The van der Waals surface area contributed by atoms with E-state index in [4.69, 9.17) is 14.0 Å². The van der Waals surface area contributed by atoms with Crippen LogP contribution in [0, 0.1) is 0 Å². The maximum Gasteiger partial charge on any atom is 0.495 e. The monoisotopic (exact) mass is 328 g/mol. The van der Waals surface area contributed by atoms with Crippen molar-refractivity contribution in [2.45, 2.75) is 51.0 Å². The number of rotatable bonds is 2. The van der Waals surface area contributed by atoms with Gasteiger partial charge in [0.2, 0.25) is 0 Å². The fourth-order valence-electron chi connectivity index (χ4n) is 2.68. The molecule has 0 saturated carbocycles. The van der Waals surface area contributed by atoms with E-state index in [9.17, 15) is 13.2 Å². The average molecular weight is 328 g/mol. The van der Waals surface area contributed by atoms with Gasteiger partial charge in [-0.25, -0.2) is 0 Å². The van der Waals surface area contributed by atoms with Crippen molar-refractivity contribution in [2.24, 2.45) is 0 Å².